The van der Waals surface area contributed by atoms with Crippen LogP contribution in [0, 0.1) is 24.2 Å². The average molecular weight is 551 g/mol. The normalized spacial score (nSPS) is 18.7. The monoisotopic (exact) mass is 550 g/mol. The van der Waals surface area contributed by atoms with Crippen LogP contribution in [0.15, 0.2) is 33.7 Å². The smallest absolute Gasteiger partial charge is 0.413 e. The third kappa shape index (κ3) is 6.97. The maximum atomic E-state index is 13.6. The van der Waals surface area contributed by atoms with Crippen molar-refractivity contribution in [3.05, 3.63) is 30.0 Å². The summed E-state index contributed by atoms with van der Waals surface area (Å²) in [6, 6.07) is 8.04. The number of aryl methyl sites for hydroxylation is 1. The number of furan rings is 1. The minimum Gasteiger partial charge on any atom is -0.461 e. The Morgan fingerprint density at radius 2 is 1.93 bits per heavy atom. The number of fused-ring (bicyclic) bond motifs is 1. The molecule has 4 amide bonds. The summed E-state index contributed by atoms with van der Waals surface area (Å²) in [4.78, 5) is 59.1. The third-order valence-corrected chi connectivity index (χ3v) is 6.91. The van der Waals surface area contributed by atoms with Gasteiger partial charge < -0.3 is 24.3 Å². The van der Waals surface area contributed by atoms with Crippen molar-refractivity contribution in [2.45, 2.75) is 52.0 Å². The molecule has 2 saturated heterocycles. The molecule has 2 N–H and O–H groups in total. The van der Waals surface area contributed by atoms with Gasteiger partial charge in [0.1, 0.15) is 23.2 Å². The van der Waals surface area contributed by atoms with Gasteiger partial charge in [0.05, 0.1) is 19.2 Å². The number of nitrogens with one attached hydrogen (secondary N) is 2. The summed E-state index contributed by atoms with van der Waals surface area (Å²) >= 11 is 0. The first-order valence-corrected chi connectivity index (χ1v) is 13.6. The number of alkyl carbamates (subject to hydrolysis) is 1. The van der Waals surface area contributed by atoms with E-state index < -0.39 is 24.0 Å². The van der Waals surface area contributed by atoms with Gasteiger partial charge in [-0.2, -0.15) is 5.26 Å². The van der Waals surface area contributed by atoms with Crippen LogP contribution < -0.4 is 10.6 Å². The Kier molecular flexibility index (Phi) is 9.37. The number of carbonyl (C=O) groups excluding carboxylic acids is 4. The van der Waals surface area contributed by atoms with Gasteiger partial charge in [0, 0.05) is 30.7 Å². The lowest BCUT2D eigenvalue weighted by molar-refractivity contribution is -0.140. The molecule has 12 heteroatoms. The zero-order chi connectivity index (χ0) is 28.6. The number of hydrogen-bond acceptors (Lipinski definition) is 8. The van der Waals surface area contributed by atoms with Gasteiger partial charge in [-0.3, -0.25) is 24.7 Å². The van der Waals surface area contributed by atoms with E-state index in [9.17, 15) is 24.4 Å². The molecule has 12 nitrogen and oxygen atoms in total. The van der Waals surface area contributed by atoms with E-state index in [0.29, 0.717) is 50.2 Å². The summed E-state index contributed by atoms with van der Waals surface area (Å²) in [5.41, 5.74) is 1.18. The molecular formula is C28H34N6O6. The predicted molar refractivity (Wildman–Crippen MR) is 146 cm³/mol. The van der Waals surface area contributed by atoms with Crippen LogP contribution in [0.4, 0.5) is 10.5 Å². The summed E-state index contributed by atoms with van der Waals surface area (Å²) in [6.07, 6.45) is 2.68. The van der Waals surface area contributed by atoms with Crippen LogP contribution >= 0.6 is 0 Å². The number of rotatable bonds is 7. The van der Waals surface area contributed by atoms with Crippen molar-refractivity contribution in [3.8, 4) is 6.07 Å². The van der Waals surface area contributed by atoms with Crippen molar-refractivity contribution in [3.63, 3.8) is 0 Å². The molecule has 0 bridgehead atoms. The SMILES string of the molecule is CCOC(=O)NC(=O)C(C#N)C(=N[C@H]1CCCCN(CC(=O)N2CCCC2)C1=O)Nc1ccc2oc(C)cc2c1. The van der Waals surface area contributed by atoms with Gasteiger partial charge in [0.25, 0.3) is 5.91 Å². The van der Waals surface area contributed by atoms with Gasteiger partial charge in [-0.1, -0.05) is 0 Å². The van der Waals surface area contributed by atoms with Crippen molar-refractivity contribution in [1.82, 2.24) is 15.1 Å². The number of amidine groups is 1. The van der Waals surface area contributed by atoms with E-state index in [0.717, 1.165) is 24.0 Å². The molecule has 0 radical (unpaired) electrons. The molecule has 1 aromatic carbocycles. The van der Waals surface area contributed by atoms with Gasteiger partial charge in [-0.25, -0.2) is 4.79 Å². The lowest BCUT2D eigenvalue weighted by atomic mass is 10.1. The van der Waals surface area contributed by atoms with E-state index in [2.05, 4.69) is 15.6 Å². The molecule has 1 unspecified atom stereocenters. The van der Waals surface area contributed by atoms with E-state index in [4.69, 9.17) is 9.15 Å². The number of nitriles is 1. The summed E-state index contributed by atoms with van der Waals surface area (Å²) in [7, 11) is 0. The molecule has 0 aliphatic carbocycles. The van der Waals surface area contributed by atoms with Gasteiger partial charge in [0.15, 0.2) is 5.92 Å². The van der Waals surface area contributed by atoms with Crippen LogP contribution in [0.25, 0.3) is 11.0 Å². The highest BCUT2D eigenvalue weighted by molar-refractivity contribution is 6.14. The second kappa shape index (κ2) is 13.1. The number of likely N-dealkylation sites (tertiary alicyclic amines) is 2. The molecule has 0 saturated carbocycles. The predicted octanol–water partition coefficient (Wildman–Crippen LogP) is 2.97. The number of carbonyl (C=O) groups is 4. The maximum Gasteiger partial charge on any atom is 0.413 e. The number of imide groups is 1. The number of ether oxygens (including phenoxy) is 1. The molecule has 0 spiro atoms. The Balaban J connectivity index is 1.63. The fourth-order valence-corrected chi connectivity index (χ4v) is 4.92. The van der Waals surface area contributed by atoms with Crippen molar-refractivity contribution in [2.24, 2.45) is 10.9 Å². The zero-order valence-corrected chi connectivity index (χ0v) is 22.8. The Morgan fingerprint density at radius 1 is 1.18 bits per heavy atom. The molecule has 2 atom stereocenters. The molecular weight excluding hydrogens is 516 g/mol. The first kappa shape index (κ1) is 28.6. The van der Waals surface area contributed by atoms with Crippen molar-refractivity contribution < 1.29 is 28.3 Å². The van der Waals surface area contributed by atoms with Gasteiger partial charge >= 0.3 is 6.09 Å². The first-order chi connectivity index (χ1) is 19.3. The molecule has 3 heterocycles. The standard InChI is InChI=1S/C28H34N6O6/c1-3-39-28(38)32-26(36)21(16-29)25(30-20-9-10-23-19(15-20)14-18(2)40-23)31-22-8-4-5-13-34(27(22)37)17-24(35)33-11-6-7-12-33/h9-10,14-15,21-22H,3-8,11-13,17H2,1-2H3,(H,30,31)(H,32,36,38)/t21?,22-/m0/s1. The summed E-state index contributed by atoms with van der Waals surface area (Å²) in [5, 5.41) is 15.8. The fourth-order valence-electron chi connectivity index (χ4n) is 4.92. The minimum absolute atomic E-state index is 0.0326. The lowest BCUT2D eigenvalue weighted by Gasteiger charge is -2.25. The minimum atomic E-state index is -1.54. The van der Waals surface area contributed by atoms with Crippen LogP contribution in [-0.4, -0.2) is 78.3 Å². The second-order valence-corrected chi connectivity index (χ2v) is 9.88. The largest absolute Gasteiger partial charge is 0.461 e. The third-order valence-electron chi connectivity index (χ3n) is 6.91. The Labute approximate surface area is 232 Å². The highest BCUT2D eigenvalue weighted by atomic mass is 16.5. The van der Waals surface area contributed by atoms with E-state index in [1.165, 1.54) is 4.90 Å². The Bertz CT molecular complexity index is 1340. The summed E-state index contributed by atoms with van der Waals surface area (Å²) in [5.74, 6) is -2.28. The van der Waals surface area contributed by atoms with E-state index in [-0.39, 0.29) is 30.8 Å². The van der Waals surface area contributed by atoms with Crippen LogP contribution in [0.1, 0.15) is 44.8 Å². The molecule has 2 fully saturated rings. The van der Waals surface area contributed by atoms with Crippen LogP contribution in [-0.2, 0) is 19.1 Å². The van der Waals surface area contributed by atoms with Crippen molar-refractivity contribution >= 4 is 46.3 Å². The van der Waals surface area contributed by atoms with Crippen molar-refractivity contribution in [1.29, 1.82) is 5.26 Å². The van der Waals surface area contributed by atoms with E-state index in [1.54, 1.807) is 30.0 Å². The van der Waals surface area contributed by atoms with Gasteiger partial charge in [-0.05, 0) is 70.2 Å². The molecule has 2 aliphatic heterocycles. The van der Waals surface area contributed by atoms with E-state index in [1.807, 2.05) is 19.1 Å². The van der Waals surface area contributed by atoms with Crippen molar-refractivity contribution in [2.75, 3.05) is 38.1 Å². The molecule has 4 rings (SSSR count). The Morgan fingerprint density at radius 3 is 2.65 bits per heavy atom. The first-order valence-electron chi connectivity index (χ1n) is 13.6. The van der Waals surface area contributed by atoms with Crippen LogP contribution in [0.3, 0.4) is 0 Å². The van der Waals surface area contributed by atoms with Gasteiger partial charge in [-0.15, -0.1) is 0 Å². The van der Waals surface area contributed by atoms with E-state index >= 15 is 0 Å². The van der Waals surface area contributed by atoms with Crippen LogP contribution in [0.5, 0.6) is 0 Å². The number of hydrogen-bond donors (Lipinski definition) is 2. The molecule has 2 aromatic rings. The number of nitrogens with zero attached hydrogens (tertiary/aromatic N) is 4. The quantitative estimate of drug-likeness (QED) is 0.393. The molecule has 212 valence electrons. The molecule has 40 heavy (non-hydrogen) atoms. The lowest BCUT2D eigenvalue weighted by Crippen LogP contribution is -2.45. The number of benzene rings is 1. The zero-order valence-electron chi connectivity index (χ0n) is 22.8. The summed E-state index contributed by atoms with van der Waals surface area (Å²) < 4.78 is 10.4. The highest BCUT2D eigenvalue weighted by Gasteiger charge is 2.33. The van der Waals surface area contributed by atoms with Crippen LogP contribution in [0.2, 0.25) is 0 Å². The number of aliphatic imine (C=N–C) groups is 1. The fraction of sp³-hybridized carbons (Fsp3) is 0.500. The number of amides is 4. The Hall–Kier alpha value is -4.40. The number of anilines is 1. The molecule has 1 aromatic heterocycles. The second-order valence-electron chi connectivity index (χ2n) is 9.88. The maximum absolute atomic E-state index is 13.6. The van der Waals surface area contributed by atoms with Gasteiger partial charge in [0.2, 0.25) is 11.8 Å². The molecule has 2 aliphatic rings. The average Bonchev–Trinajstić information content (AvgIpc) is 3.55. The highest BCUT2D eigenvalue weighted by Crippen LogP contribution is 2.24. The topological polar surface area (TPSA) is 157 Å². The summed E-state index contributed by atoms with van der Waals surface area (Å²) in [6.45, 7) is 5.23.